The van der Waals surface area contributed by atoms with Crippen LogP contribution in [0.5, 0.6) is 0 Å². The molecule has 0 radical (unpaired) electrons. The van der Waals surface area contributed by atoms with Crippen LogP contribution in [0.15, 0.2) is 10.8 Å². The first-order valence-electron chi connectivity index (χ1n) is 7.50. The molecule has 4 nitrogen and oxygen atoms in total. The highest BCUT2D eigenvalue weighted by Crippen LogP contribution is 2.46. The second kappa shape index (κ2) is 5.80. The number of ether oxygens (including phenoxy) is 1. The van der Waals surface area contributed by atoms with Crippen molar-refractivity contribution in [2.45, 2.75) is 39.5 Å². The van der Waals surface area contributed by atoms with Crippen LogP contribution in [0.4, 0.5) is 10.2 Å². The van der Waals surface area contributed by atoms with Crippen molar-refractivity contribution in [3.8, 4) is 0 Å². The number of aromatic nitrogens is 2. The first-order valence-corrected chi connectivity index (χ1v) is 8.29. The van der Waals surface area contributed by atoms with E-state index in [1.54, 1.807) is 6.20 Å². The quantitative estimate of drug-likeness (QED) is 0.813. The summed E-state index contributed by atoms with van der Waals surface area (Å²) in [5.74, 6) is 1.27. The van der Waals surface area contributed by atoms with E-state index in [-0.39, 0.29) is 5.41 Å². The van der Waals surface area contributed by atoms with E-state index in [1.165, 1.54) is 0 Å². The number of nitrogens with zero attached hydrogens (tertiary/aromatic N) is 3. The fraction of sp³-hybridized carbons (Fsp3) is 0.733. The minimum atomic E-state index is -0.583. The van der Waals surface area contributed by atoms with Crippen molar-refractivity contribution in [1.29, 1.82) is 0 Å². The van der Waals surface area contributed by atoms with E-state index in [1.807, 2.05) is 0 Å². The van der Waals surface area contributed by atoms with Crippen molar-refractivity contribution >= 4 is 21.7 Å². The lowest BCUT2D eigenvalue weighted by molar-refractivity contribution is 0.0969. The van der Waals surface area contributed by atoms with Crippen LogP contribution in [-0.4, -0.2) is 35.8 Å². The Kier molecular flexibility index (Phi) is 4.19. The fourth-order valence-electron chi connectivity index (χ4n) is 3.59. The molecule has 0 amide bonds. The minimum Gasteiger partial charge on any atom is -0.378 e. The standard InChI is InChI=1S/C15H21BrFN3O/c1-10-11(2)21-9-15(10)3-5-20(6-4-15)14-12(7-17)19-13(16)8-18-14/h8,10-11H,3-7,9H2,1-2H3/t10-,11+/m1/s1. The number of alkyl halides is 1. The third-order valence-corrected chi connectivity index (χ3v) is 5.66. The van der Waals surface area contributed by atoms with Crippen molar-refractivity contribution in [2.24, 2.45) is 11.3 Å². The predicted molar refractivity (Wildman–Crippen MR) is 83.0 cm³/mol. The van der Waals surface area contributed by atoms with E-state index < -0.39 is 6.67 Å². The Morgan fingerprint density at radius 2 is 2.14 bits per heavy atom. The van der Waals surface area contributed by atoms with Crippen molar-refractivity contribution in [3.63, 3.8) is 0 Å². The molecule has 1 spiro atoms. The van der Waals surface area contributed by atoms with E-state index >= 15 is 0 Å². The number of halogens is 2. The molecule has 2 aliphatic rings. The summed E-state index contributed by atoms with van der Waals surface area (Å²) in [4.78, 5) is 10.7. The molecule has 6 heteroatoms. The maximum Gasteiger partial charge on any atom is 0.153 e. The van der Waals surface area contributed by atoms with Gasteiger partial charge in [0.15, 0.2) is 5.82 Å². The maximum absolute atomic E-state index is 13.2. The van der Waals surface area contributed by atoms with Crippen LogP contribution in [0.2, 0.25) is 0 Å². The summed E-state index contributed by atoms with van der Waals surface area (Å²) in [6.45, 7) is 6.51. The molecule has 0 N–H and O–H groups in total. The molecule has 2 atom stereocenters. The summed E-state index contributed by atoms with van der Waals surface area (Å²) >= 11 is 3.25. The average Bonchev–Trinajstić information content (AvgIpc) is 2.77. The average molecular weight is 358 g/mol. The van der Waals surface area contributed by atoms with Crippen molar-refractivity contribution in [2.75, 3.05) is 24.6 Å². The highest BCUT2D eigenvalue weighted by atomic mass is 79.9. The second-order valence-electron chi connectivity index (χ2n) is 6.25. The molecule has 116 valence electrons. The Labute approximate surface area is 133 Å². The molecule has 21 heavy (non-hydrogen) atoms. The minimum absolute atomic E-state index is 0.286. The van der Waals surface area contributed by atoms with Gasteiger partial charge in [0.25, 0.3) is 0 Å². The van der Waals surface area contributed by atoms with Gasteiger partial charge >= 0.3 is 0 Å². The Balaban J connectivity index is 1.74. The Bertz CT molecular complexity index is 520. The van der Waals surface area contributed by atoms with E-state index in [9.17, 15) is 4.39 Å². The Morgan fingerprint density at radius 1 is 1.43 bits per heavy atom. The normalized spacial score (nSPS) is 28.3. The molecule has 1 aromatic heterocycles. The predicted octanol–water partition coefficient (Wildman–Crippen LogP) is 3.35. The topological polar surface area (TPSA) is 38.2 Å². The van der Waals surface area contributed by atoms with Gasteiger partial charge in [0.1, 0.15) is 17.0 Å². The van der Waals surface area contributed by atoms with Gasteiger partial charge in [0.05, 0.1) is 18.9 Å². The molecular weight excluding hydrogens is 337 g/mol. The lowest BCUT2D eigenvalue weighted by atomic mass is 9.70. The van der Waals surface area contributed by atoms with Crippen LogP contribution in [0.25, 0.3) is 0 Å². The number of hydrogen-bond acceptors (Lipinski definition) is 4. The van der Waals surface area contributed by atoms with Gasteiger partial charge in [-0.15, -0.1) is 0 Å². The number of piperidine rings is 1. The molecule has 0 aliphatic carbocycles. The van der Waals surface area contributed by atoms with Crippen LogP contribution in [0.1, 0.15) is 32.4 Å². The van der Waals surface area contributed by atoms with Crippen LogP contribution in [0, 0.1) is 11.3 Å². The fourth-order valence-corrected chi connectivity index (χ4v) is 3.90. The molecule has 3 rings (SSSR count). The van der Waals surface area contributed by atoms with Gasteiger partial charge in [-0.3, -0.25) is 0 Å². The van der Waals surface area contributed by atoms with E-state index in [2.05, 4.69) is 44.6 Å². The lowest BCUT2D eigenvalue weighted by Gasteiger charge is -2.42. The molecular formula is C15H21BrFN3O. The third kappa shape index (κ3) is 2.68. The monoisotopic (exact) mass is 357 g/mol. The molecule has 2 fully saturated rings. The summed E-state index contributed by atoms with van der Waals surface area (Å²) in [6, 6.07) is 0. The van der Waals surface area contributed by atoms with Gasteiger partial charge in [-0.05, 0) is 41.6 Å². The van der Waals surface area contributed by atoms with Crippen molar-refractivity contribution in [1.82, 2.24) is 9.97 Å². The van der Waals surface area contributed by atoms with Crippen molar-refractivity contribution in [3.05, 3.63) is 16.5 Å². The van der Waals surface area contributed by atoms with Crippen LogP contribution in [-0.2, 0) is 11.4 Å². The first kappa shape index (κ1) is 15.2. The van der Waals surface area contributed by atoms with E-state index in [0.717, 1.165) is 32.5 Å². The summed E-state index contributed by atoms with van der Waals surface area (Å²) < 4.78 is 19.6. The Hall–Kier alpha value is -0.750. The SMILES string of the molecule is C[C@@H]1OCC2(CCN(c3ncc(Br)nc3CF)CC2)[C@@H]1C. The van der Waals surface area contributed by atoms with Gasteiger partial charge in [-0.1, -0.05) is 6.92 Å². The van der Waals surface area contributed by atoms with Gasteiger partial charge in [-0.25, -0.2) is 14.4 Å². The molecule has 0 bridgehead atoms. The maximum atomic E-state index is 13.2. The Morgan fingerprint density at radius 3 is 2.71 bits per heavy atom. The summed E-state index contributed by atoms with van der Waals surface area (Å²) in [7, 11) is 0. The smallest absolute Gasteiger partial charge is 0.153 e. The highest BCUT2D eigenvalue weighted by molar-refractivity contribution is 9.10. The van der Waals surface area contributed by atoms with Crippen LogP contribution in [0.3, 0.4) is 0 Å². The summed E-state index contributed by atoms with van der Waals surface area (Å²) in [5, 5.41) is 0. The first-order chi connectivity index (χ1) is 10.1. The van der Waals surface area contributed by atoms with E-state index in [4.69, 9.17) is 4.74 Å². The van der Waals surface area contributed by atoms with E-state index in [0.29, 0.717) is 28.1 Å². The largest absolute Gasteiger partial charge is 0.378 e. The molecule has 0 saturated carbocycles. The zero-order valence-electron chi connectivity index (χ0n) is 12.5. The zero-order valence-corrected chi connectivity index (χ0v) is 14.1. The third-order valence-electron chi connectivity index (χ3n) is 5.28. The zero-order chi connectivity index (χ0) is 15.0. The van der Waals surface area contributed by atoms with Gasteiger partial charge < -0.3 is 9.64 Å². The summed E-state index contributed by atoms with van der Waals surface area (Å²) in [6.07, 6.45) is 4.12. The molecule has 1 aromatic rings. The lowest BCUT2D eigenvalue weighted by Crippen LogP contribution is -2.44. The van der Waals surface area contributed by atoms with Gasteiger partial charge in [0.2, 0.25) is 0 Å². The number of anilines is 1. The molecule has 0 unspecified atom stereocenters. The molecule has 2 aliphatic heterocycles. The van der Waals surface area contributed by atoms with Gasteiger partial charge in [0, 0.05) is 18.5 Å². The molecule has 0 aromatic carbocycles. The highest BCUT2D eigenvalue weighted by Gasteiger charge is 2.47. The van der Waals surface area contributed by atoms with Gasteiger partial charge in [-0.2, -0.15) is 0 Å². The number of rotatable bonds is 2. The van der Waals surface area contributed by atoms with Crippen LogP contribution >= 0.6 is 15.9 Å². The molecule has 3 heterocycles. The number of hydrogen-bond donors (Lipinski definition) is 0. The second-order valence-corrected chi connectivity index (χ2v) is 7.06. The van der Waals surface area contributed by atoms with Crippen LogP contribution < -0.4 is 4.90 Å². The summed E-state index contributed by atoms with van der Waals surface area (Å²) in [5.41, 5.74) is 0.707. The molecule has 2 saturated heterocycles. The van der Waals surface area contributed by atoms with Crippen molar-refractivity contribution < 1.29 is 9.13 Å².